The van der Waals surface area contributed by atoms with Gasteiger partial charge in [-0.3, -0.25) is 4.79 Å². The number of carbonyl (C=O) groups excluding carboxylic acids is 1. The third-order valence-corrected chi connectivity index (χ3v) is 5.20. The van der Waals surface area contributed by atoms with Gasteiger partial charge in [0.05, 0.1) is 12.5 Å². The number of aliphatic imine (C=N–C) groups is 1. The summed E-state index contributed by atoms with van der Waals surface area (Å²) in [5.41, 5.74) is 0.785. The van der Waals surface area contributed by atoms with Gasteiger partial charge in [0.25, 0.3) is 0 Å². The van der Waals surface area contributed by atoms with Gasteiger partial charge in [-0.1, -0.05) is 19.9 Å². The molecule has 3 rings (SSSR count). The summed E-state index contributed by atoms with van der Waals surface area (Å²) in [5.74, 6) is 0.484. The first-order chi connectivity index (χ1) is 12.0. The van der Waals surface area contributed by atoms with Crippen LogP contribution in [0.5, 0.6) is 0 Å². The fourth-order valence-electron chi connectivity index (χ4n) is 3.24. The van der Waals surface area contributed by atoms with E-state index < -0.39 is 5.92 Å². The van der Waals surface area contributed by atoms with Crippen LogP contribution in [0.1, 0.15) is 44.4 Å². The van der Waals surface area contributed by atoms with Crippen LogP contribution < -0.4 is 0 Å². The first kappa shape index (κ1) is 17.4. The van der Waals surface area contributed by atoms with Crippen molar-refractivity contribution >= 4 is 23.5 Å². The summed E-state index contributed by atoms with van der Waals surface area (Å²) >= 11 is 1.53. The van der Waals surface area contributed by atoms with Crippen molar-refractivity contribution in [2.24, 2.45) is 10.4 Å². The number of hydrogen-bond donors (Lipinski definition) is 0. The van der Waals surface area contributed by atoms with Gasteiger partial charge < -0.3 is 9.47 Å². The van der Waals surface area contributed by atoms with E-state index in [-0.39, 0.29) is 17.1 Å². The van der Waals surface area contributed by atoms with Crippen LogP contribution in [0.2, 0.25) is 0 Å². The molecule has 0 aromatic carbocycles. The smallest absolute Gasteiger partial charge is 0.236 e. The first-order valence-corrected chi connectivity index (χ1v) is 9.10. The number of thiophene rings is 1. The minimum atomic E-state index is -0.411. The Bertz CT molecular complexity index is 810. The summed E-state index contributed by atoms with van der Waals surface area (Å²) in [7, 11) is 0. The third kappa shape index (κ3) is 3.38. The van der Waals surface area contributed by atoms with E-state index in [1.54, 1.807) is 0 Å². The Labute approximate surface area is 151 Å². The van der Waals surface area contributed by atoms with Gasteiger partial charge in [0.1, 0.15) is 17.4 Å². The minimum absolute atomic E-state index is 0.0465. The number of nitrogens with zero attached hydrogens (tertiary/aromatic N) is 2. The lowest BCUT2D eigenvalue weighted by atomic mass is 9.71. The predicted octanol–water partition coefficient (Wildman–Crippen LogP) is 4.31. The van der Waals surface area contributed by atoms with E-state index in [2.05, 4.69) is 11.1 Å². The van der Waals surface area contributed by atoms with Gasteiger partial charge in [0, 0.05) is 23.3 Å². The lowest BCUT2D eigenvalue weighted by Crippen LogP contribution is -2.32. The molecule has 0 radical (unpaired) electrons. The molecule has 1 aromatic heterocycles. The van der Waals surface area contributed by atoms with E-state index in [4.69, 9.17) is 9.47 Å². The highest BCUT2D eigenvalue weighted by Crippen LogP contribution is 2.49. The van der Waals surface area contributed by atoms with Crippen LogP contribution in [0.15, 0.2) is 45.3 Å². The Kier molecular flexibility index (Phi) is 4.78. The zero-order valence-corrected chi connectivity index (χ0v) is 15.4. The molecule has 0 fully saturated rings. The Balaban J connectivity index is 2.13. The molecule has 1 unspecified atom stereocenters. The molecule has 0 bridgehead atoms. The van der Waals surface area contributed by atoms with E-state index in [9.17, 15) is 10.1 Å². The molecule has 130 valence electrons. The molecule has 1 aliphatic heterocycles. The maximum absolute atomic E-state index is 12.8. The van der Waals surface area contributed by atoms with Gasteiger partial charge in [-0.15, -0.1) is 11.3 Å². The molecule has 6 heteroatoms. The molecule has 25 heavy (non-hydrogen) atoms. The Morgan fingerprint density at radius 1 is 1.52 bits per heavy atom. The predicted molar refractivity (Wildman–Crippen MR) is 96.0 cm³/mol. The Morgan fingerprint density at radius 3 is 2.96 bits per heavy atom. The summed E-state index contributed by atoms with van der Waals surface area (Å²) in [6.45, 7) is 6.42. The van der Waals surface area contributed by atoms with E-state index in [1.165, 1.54) is 17.7 Å². The minimum Gasteiger partial charge on any atom is -0.483 e. The van der Waals surface area contributed by atoms with Crippen LogP contribution in [-0.2, 0) is 14.3 Å². The molecule has 0 saturated carbocycles. The van der Waals surface area contributed by atoms with Crippen molar-refractivity contribution < 1.29 is 14.3 Å². The van der Waals surface area contributed by atoms with Crippen LogP contribution in [0, 0.1) is 16.7 Å². The highest BCUT2D eigenvalue weighted by atomic mass is 32.1. The van der Waals surface area contributed by atoms with Crippen LogP contribution in [0.4, 0.5) is 0 Å². The quantitative estimate of drug-likeness (QED) is 0.595. The second-order valence-corrected chi connectivity index (χ2v) is 7.83. The zero-order valence-electron chi connectivity index (χ0n) is 14.5. The average molecular weight is 356 g/mol. The SMILES string of the molecule is CCOC=NC1=C(C#N)C(c2cccs2)C2=C(CC(C)(C)CC2=O)O1. The van der Waals surface area contributed by atoms with E-state index >= 15 is 0 Å². The van der Waals surface area contributed by atoms with E-state index in [0.717, 1.165) is 4.88 Å². The van der Waals surface area contributed by atoms with Crippen molar-refractivity contribution in [1.29, 1.82) is 5.26 Å². The van der Waals surface area contributed by atoms with Crippen LogP contribution in [0.3, 0.4) is 0 Å². The lowest BCUT2D eigenvalue weighted by molar-refractivity contribution is -0.119. The second kappa shape index (κ2) is 6.85. The van der Waals surface area contributed by atoms with Gasteiger partial charge in [0.15, 0.2) is 12.2 Å². The molecule has 1 aliphatic carbocycles. The average Bonchev–Trinajstić information content (AvgIpc) is 3.06. The zero-order chi connectivity index (χ0) is 18.0. The molecular weight excluding hydrogens is 336 g/mol. The van der Waals surface area contributed by atoms with E-state index in [0.29, 0.717) is 36.4 Å². The number of nitriles is 1. The number of ketones is 1. The van der Waals surface area contributed by atoms with Crippen LogP contribution in [-0.4, -0.2) is 18.8 Å². The standard InChI is InChI=1S/C19H20N2O3S/c1-4-23-11-21-18-12(10-20)16(15-6-5-7-25-15)17-13(22)8-19(2,3)9-14(17)24-18/h5-7,11,16H,4,8-9H2,1-3H3. The van der Waals surface area contributed by atoms with E-state index in [1.807, 2.05) is 38.3 Å². The van der Waals surface area contributed by atoms with Crippen molar-refractivity contribution in [2.75, 3.05) is 6.61 Å². The van der Waals surface area contributed by atoms with Crippen molar-refractivity contribution in [2.45, 2.75) is 39.5 Å². The molecule has 0 amide bonds. The third-order valence-electron chi connectivity index (χ3n) is 4.27. The van der Waals surface area contributed by atoms with Crippen molar-refractivity contribution in [1.82, 2.24) is 0 Å². The summed E-state index contributed by atoms with van der Waals surface area (Å²) in [5, 5.41) is 11.7. The fourth-order valence-corrected chi connectivity index (χ4v) is 4.08. The first-order valence-electron chi connectivity index (χ1n) is 8.22. The molecule has 0 spiro atoms. The summed E-state index contributed by atoms with van der Waals surface area (Å²) < 4.78 is 11.1. The number of hydrogen-bond acceptors (Lipinski definition) is 6. The highest BCUT2D eigenvalue weighted by molar-refractivity contribution is 7.10. The number of Topliss-reactive ketones (excluding diaryl/α,β-unsaturated/α-hetero) is 1. The van der Waals surface area contributed by atoms with Gasteiger partial charge in [-0.2, -0.15) is 10.3 Å². The fraction of sp³-hybridized carbons (Fsp3) is 0.421. The highest BCUT2D eigenvalue weighted by Gasteiger charge is 2.43. The molecule has 0 saturated heterocycles. The monoisotopic (exact) mass is 356 g/mol. The van der Waals surface area contributed by atoms with Gasteiger partial charge in [-0.25, -0.2) is 0 Å². The molecule has 5 nitrogen and oxygen atoms in total. The molecule has 1 aromatic rings. The molecule has 2 aliphatic rings. The Hall–Kier alpha value is -2.39. The van der Waals surface area contributed by atoms with Crippen LogP contribution in [0.25, 0.3) is 0 Å². The number of ether oxygens (including phenoxy) is 2. The molecular formula is C19H20N2O3S. The lowest BCUT2D eigenvalue weighted by Gasteiger charge is -2.36. The normalized spacial score (nSPS) is 22.6. The number of rotatable bonds is 4. The summed E-state index contributed by atoms with van der Waals surface area (Å²) in [6.07, 6.45) is 2.38. The van der Waals surface area contributed by atoms with Gasteiger partial charge in [0.2, 0.25) is 5.88 Å². The maximum Gasteiger partial charge on any atom is 0.236 e. The van der Waals surface area contributed by atoms with Crippen LogP contribution >= 0.6 is 11.3 Å². The number of allylic oxidation sites excluding steroid dienone is 3. The van der Waals surface area contributed by atoms with Crippen molar-refractivity contribution in [3.63, 3.8) is 0 Å². The van der Waals surface area contributed by atoms with Gasteiger partial charge >= 0.3 is 0 Å². The van der Waals surface area contributed by atoms with Gasteiger partial charge in [-0.05, 0) is 23.8 Å². The van der Waals surface area contributed by atoms with Crippen molar-refractivity contribution in [3.05, 3.63) is 45.2 Å². The molecule has 1 atom stereocenters. The topological polar surface area (TPSA) is 71.7 Å². The number of carbonyl (C=O) groups is 1. The second-order valence-electron chi connectivity index (χ2n) is 6.85. The Morgan fingerprint density at radius 2 is 2.32 bits per heavy atom. The molecule has 2 heterocycles. The summed E-state index contributed by atoms with van der Waals surface area (Å²) in [6, 6.07) is 6.06. The van der Waals surface area contributed by atoms with Crippen molar-refractivity contribution in [3.8, 4) is 6.07 Å². The maximum atomic E-state index is 12.8. The largest absolute Gasteiger partial charge is 0.483 e. The summed E-state index contributed by atoms with van der Waals surface area (Å²) in [4.78, 5) is 18.0. The molecule has 0 N–H and O–H groups in total.